The molecule has 1 atom stereocenters. The van der Waals surface area contributed by atoms with Gasteiger partial charge in [-0.05, 0) is 36.1 Å². The Labute approximate surface area is 125 Å². The predicted molar refractivity (Wildman–Crippen MR) is 80.4 cm³/mol. The number of amides is 1. The molecule has 0 saturated carbocycles. The highest BCUT2D eigenvalue weighted by Crippen LogP contribution is 2.23. The molecule has 0 aliphatic heterocycles. The Hall–Kier alpha value is -1.26. The summed E-state index contributed by atoms with van der Waals surface area (Å²) in [4.78, 5) is 10.6. The summed E-state index contributed by atoms with van der Waals surface area (Å²) in [6.07, 6.45) is 1.46. The standard InChI is InChI=1S/C15H22ClNO3/c1-11(2)15(17-10-18)8-12-6-13(16)9-14(7-12)20-5-4-19-3/h6-7,9-11,15H,4-5,8H2,1-3H3,(H,17,18)/t15-/m1/s1. The quantitative estimate of drug-likeness (QED) is 0.563. The van der Waals surface area contributed by atoms with E-state index >= 15 is 0 Å². The molecule has 1 N–H and O–H groups in total. The number of benzene rings is 1. The van der Waals surface area contributed by atoms with Crippen LogP contribution in [0.5, 0.6) is 5.75 Å². The number of hydrogen-bond donors (Lipinski definition) is 1. The molecule has 0 unspecified atom stereocenters. The van der Waals surface area contributed by atoms with E-state index < -0.39 is 0 Å². The van der Waals surface area contributed by atoms with Crippen LogP contribution in [0.2, 0.25) is 5.02 Å². The van der Waals surface area contributed by atoms with Crippen LogP contribution in [0.25, 0.3) is 0 Å². The van der Waals surface area contributed by atoms with E-state index in [9.17, 15) is 4.79 Å². The summed E-state index contributed by atoms with van der Waals surface area (Å²) in [6.45, 7) is 5.16. The summed E-state index contributed by atoms with van der Waals surface area (Å²) in [7, 11) is 1.63. The van der Waals surface area contributed by atoms with E-state index in [1.165, 1.54) is 0 Å². The topological polar surface area (TPSA) is 47.6 Å². The monoisotopic (exact) mass is 299 g/mol. The fraction of sp³-hybridized carbons (Fsp3) is 0.533. The summed E-state index contributed by atoms with van der Waals surface area (Å²) in [6, 6.07) is 5.70. The van der Waals surface area contributed by atoms with Crippen LogP contribution in [0.15, 0.2) is 18.2 Å². The van der Waals surface area contributed by atoms with E-state index in [-0.39, 0.29) is 6.04 Å². The second kappa shape index (κ2) is 8.82. The SMILES string of the molecule is COCCOc1cc(Cl)cc(C[C@@H](NC=O)C(C)C)c1. The second-order valence-corrected chi connectivity index (χ2v) is 5.41. The minimum Gasteiger partial charge on any atom is -0.491 e. The Morgan fingerprint density at radius 2 is 2.05 bits per heavy atom. The van der Waals surface area contributed by atoms with Gasteiger partial charge in [0.15, 0.2) is 0 Å². The molecule has 112 valence electrons. The van der Waals surface area contributed by atoms with Crippen LogP contribution in [-0.4, -0.2) is 32.8 Å². The summed E-state index contributed by atoms with van der Waals surface area (Å²) < 4.78 is 10.5. The molecule has 1 rings (SSSR count). The average Bonchev–Trinajstić information content (AvgIpc) is 2.38. The lowest BCUT2D eigenvalue weighted by Gasteiger charge is -2.20. The van der Waals surface area contributed by atoms with Gasteiger partial charge in [-0.3, -0.25) is 4.79 Å². The van der Waals surface area contributed by atoms with E-state index in [0.717, 1.165) is 24.1 Å². The van der Waals surface area contributed by atoms with Gasteiger partial charge < -0.3 is 14.8 Å². The molecule has 1 aromatic rings. The second-order valence-electron chi connectivity index (χ2n) is 4.98. The summed E-state index contributed by atoms with van der Waals surface area (Å²) in [5, 5.41) is 3.47. The van der Waals surface area contributed by atoms with Crippen LogP contribution in [-0.2, 0) is 16.0 Å². The van der Waals surface area contributed by atoms with E-state index in [0.29, 0.717) is 24.2 Å². The molecular formula is C15H22ClNO3. The van der Waals surface area contributed by atoms with Crippen LogP contribution in [0.4, 0.5) is 0 Å². The van der Waals surface area contributed by atoms with Crippen molar-refractivity contribution in [2.24, 2.45) is 5.92 Å². The maximum atomic E-state index is 10.6. The number of carbonyl (C=O) groups is 1. The van der Waals surface area contributed by atoms with Gasteiger partial charge in [0.25, 0.3) is 0 Å². The lowest BCUT2D eigenvalue weighted by Crippen LogP contribution is -2.34. The molecule has 0 bridgehead atoms. The highest BCUT2D eigenvalue weighted by atomic mass is 35.5. The minimum absolute atomic E-state index is 0.0813. The Morgan fingerprint density at radius 3 is 2.65 bits per heavy atom. The number of methoxy groups -OCH3 is 1. The molecule has 0 spiro atoms. The zero-order valence-corrected chi connectivity index (χ0v) is 12.9. The number of ether oxygens (including phenoxy) is 2. The molecule has 0 aromatic heterocycles. The van der Waals surface area contributed by atoms with Crippen molar-refractivity contribution in [1.29, 1.82) is 0 Å². The third kappa shape index (κ3) is 5.80. The predicted octanol–water partition coefficient (Wildman–Crippen LogP) is 2.68. The lowest BCUT2D eigenvalue weighted by atomic mass is 9.96. The normalized spacial score (nSPS) is 12.2. The van der Waals surface area contributed by atoms with Gasteiger partial charge in [-0.1, -0.05) is 25.4 Å². The Balaban J connectivity index is 2.75. The Kier molecular flexibility index (Phi) is 7.41. The van der Waals surface area contributed by atoms with Crippen LogP contribution < -0.4 is 10.1 Å². The molecule has 0 aliphatic carbocycles. The molecular weight excluding hydrogens is 278 g/mol. The van der Waals surface area contributed by atoms with Crippen LogP contribution >= 0.6 is 11.6 Å². The number of nitrogens with one attached hydrogen (secondary N) is 1. The first-order valence-electron chi connectivity index (χ1n) is 6.67. The van der Waals surface area contributed by atoms with E-state index in [1.54, 1.807) is 13.2 Å². The number of halogens is 1. The molecule has 1 amide bonds. The van der Waals surface area contributed by atoms with Crippen LogP contribution in [0.3, 0.4) is 0 Å². The van der Waals surface area contributed by atoms with Gasteiger partial charge in [0.1, 0.15) is 12.4 Å². The van der Waals surface area contributed by atoms with Gasteiger partial charge in [0.2, 0.25) is 6.41 Å². The number of carbonyl (C=O) groups excluding carboxylic acids is 1. The minimum atomic E-state index is 0.0813. The van der Waals surface area contributed by atoms with Gasteiger partial charge in [0.05, 0.1) is 6.61 Å². The summed E-state index contributed by atoms with van der Waals surface area (Å²) >= 11 is 6.10. The summed E-state index contributed by atoms with van der Waals surface area (Å²) in [5.41, 5.74) is 1.04. The molecule has 0 fully saturated rings. The fourth-order valence-corrected chi connectivity index (χ4v) is 2.14. The van der Waals surface area contributed by atoms with Gasteiger partial charge in [-0.2, -0.15) is 0 Å². The highest BCUT2D eigenvalue weighted by Gasteiger charge is 2.14. The van der Waals surface area contributed by atoms with Crippen molar-refractivity contribution in [1.82, 2.24) is 5.32 Å². The number of hydrogen-bond acceptors (Lipinski definition) is 3. The molecule has 1 aromatic carbocycles. The van der Waals surface area contributed by atoms with Crippen molar-refractivity contribution in [3.63, 3.8) is 0 Å². The van der Waals surface area contributed by atoms with E-state index in [1.807, 2.05) is 12.1 Å². The highest BCUT2D eigenvalue weighted by molar-refractivity contribution is 6.30. The van der Waals surface area contributed by atoms with E-state index in [4.69, 9.17) is 21.1 Å². The average molecular weight is 300 g/mol. The van der Waals surface area contributed by atoms with Crippen molar-refractivity contribution in [3.05, 3.63) is 28.8 Å². The summed E-state index contributed by atoms with van der Waals surface area (Å²) in [5.74, 6) is 1.07. The zero-order valence-electron chi connectivity index (χ0n) is 12.2. The Bertz CT molecular complexity index is 424. The maximum Gasteiger partial charge on any atom is 0.207 e. The zero-order chi connectivity index (χ0) is 15.0. The first-order valence-corrected chi connectivity index (χ1v) is 7.05. The molecule has 5 heteroatoms. The van der Waals surface area contributed by atoms with Crippen molar-refractivity contribution in [2.45, 2.75) is 26.3 Å². The number of rotatable bonds is 9. The molecule has 20 heavy (non-hydrogen) atoms. The van der Waals surface area contributed by atoms with Crippen molar-refractivity contribution in [3.8, 4) is 5.75 Å². The van der Waals surface area contributed by atoms with E-state index in [2.05, 4.69) is 19.2 Å². The Morgan fingerprint density at radius 1 is 1.30 bits per heavy atom. The first-order chi connectivity index (χ1) is 9.56. The fourth-order valence-electron chi connectivity index (χ4n) is 1.89. The maximum absolute atomic E-state index is 10.6. The third-order valence-electron chi connectivity index (χ3n) is 3.03. The van der Waals surface area contributed by atoms with Crippen LogP contribution in [0.1, 0.15) is 19.4 Å². The molecule has 0 radical (unpaired) electrons. The molecule has 0 aliphatic rings. The van der Waals surface area contributed by atoms with Crippen molar-refractivity contribution >= 4 is 18.0 Å². The first kappa shape index (κ1) is 16.8. The largest absolute Gasteiger partial charge is 0.491 e. The van der Waals surface area contributed by atoms with Crippen LogP contribution in [0, 0.1) is 5.92 Å². The lowest BCUT2D eigenvalue weighted by molar-refractivity contribution is -0.110. The van der Waals surface area contributed by atoms with Gasteiger partial charge in [-0.25, -0.2) is 0 Å². The van der Waals surface area contributed by atoms with Crippen molar-refractivity contribution < 1.29 is 14.3 Å². The van der Waals surface area contributed by atoms with Gasteiger partial charge in [-0.15, -0.1) is 0 Å². The smallest absolute Gasteiger partial charge is 0.207 e. The van der Waals surface area contributed by atoms with Gasteiger partial charge >= 0.3 is 0 Å². The van der Waals surface area contributed by atoms with Crippen molar-refractivity contribution in [2.75, 3.05) is 20.3 Å². The molecule has 0 saturated heterocycles. The third-order valence-corrected chi connectivity index (χ3v) is 3.25. The molecule has 0 heterocycles. The van der Waals surface area contributed by atoms with Gasteiger partial charge in [0, 0.05) is 18.2 Å². The molecule has 4 nitrogen and oxygen atoms in total.